The summed E-state index contributed by atoms with van der Waals surface area (Å²) in [5.74, 6) is 0. The van der Waals surface area contributed by atoms with Crippen molar-refractivity contribution in [2.45, 2.75) is 0 Å². The molecule has 6 heterocycles. The van der Waals surface area contributed by atoms with E-state index < -0.39 is 0 Å². The number of aromatic nitrogens is 2. The van der Waals surface area contributed by atoms with Crippen LogP contribution in [-0.2, 0) is 0 Å². The Bertz CT molecular complexity index is 4720. The molecule has 0 atom stereocenters. The lowest BCUT2D eigenvalue weighted by Crippen LogP contribution is -2.60. The summed E-state index contributed by atoms with van der Waals surface area (Å²) >= 11 is 3.87. The molecule has 332 valence electrons. The summed E-state index contributed by atoms with van der Waals surface area (Å²) in [6.07, 6.45) is 0. The topological polar surface area (TPSA) is 13.1 Å². The summed E-state index contributed by atoms with van der Waals surface area (Å²) in [6.45, 7) is -0.0804. The van der Waals surface area contributed by atoms with Crippen molar-refractivity contribution in [3.8, 4) is 33.6 Å². The fraction of sp³-hybridized carbons (Fsp3) is 0. The van der Waals surface area contributed by atoms with Crippen LogP contribution in [0.5, 0.6) is 0 Å². The molecule has 4 aromatic heterocycles. The van der Waals surface area contributed by atoms with Crippen LogP contribution in [0.4, 0.5) is 17.1 Å². The first kappa shape index (κ1) is 39.1. The molecule has 0 saturated heterocycles. The number of hydrogen-bond acceptors (Lipinski definition) is 3. The monoisotopic (exact) mass is 947 g/mol. The number of benzene rings is 11. The molecule has 0 saturated carbocycles. The fourth-order valence-corrected chi connectivity index (χ4v) is 15.4. The van der Waals surface area contributed by atoms with Crippen LogP contribution in [0.2, 0.25) is 0 Å². The number of hydrogen-bond donors (Lipinski definition) is 0. The van der Waals surface area contributed by atoms with E-state index in [9.17, 15) is 0 Å². The van der Waals surface area contributed by atoms with Gasteiger partial charge in [-0.2, -0.15) is 0 Å². The summed E-state index contributed by atoms with van der Waals surface area (Å²) in [7, 11) is 0. The highest BCUT2D eigenvalue weighted by Crippen LogP contribution is 2.52. The maximum atomic E-state index is 2.69. The van der Waals surface area contributed by atoms with Gasteiger partial charge in [-0.15, -0.1) is 22.7 Å². The van der Waals surface area contributed by atoms with Gasteiger partial charge < -0.3 is 14.0 Å². The minimum Gasteiger partial charge on any atom is -0.310 e. The predicted molar refractivity (Wildman–Crippen MR) is 311 cm³/mol. The van der Waals surface area contributed by atoms with E-state index in [0.717, 1.165) is 5.69 Å². The van der Waals surface area contributed by atoms with Gasteiger partial charge in [0, 0.05) is 90.1 Å². The second-order valence-electron chi connectivity index (χ2n) is 19.5. The van der Waals surface area contributed by atoms with Crippen LogP contribution in [0, 0.1) is 0 Å². The molecule has 0 amide bonds. The number of nitrogens with zero attached hydrogens (tertiary/aromatic N) is 3. The van der Waals surface area contributed by atoms with E-state index in [4.69, 9.17) is 0 Å². The van der Waals surface area contributed by atoms with Crippen LogP contribution in [0.25, 0.3) is 118 Å². The van der Waals surface area contributed by atoms with Crippen LogP contribution >= 0.6 is 22.7 Å². The fourth-order valence-electron chi connectivity index (χ4n) is 13.0. The Morgan fingerprint density at radius 2 is 0.861 bits per heavy atom. The zero-order valence-electron chi connectivity index (χ0n) is 38.7. The molecular weight excluding hydrogens is 910 g/mol. The molecule has 0 spiro atoms. The van der Waals surface area contributed by atoms with Crippen molar-refractivity contribution in [3.05, 3.63) is 231 Å². The van der Waals surface area contributed by atoms with Gasteiger partial charge in [-0.25, -0.2) is 0 Å². The van der Waals surface area contributed by atoms with Crippen molar-refractivity contribution in [1.82, 2.24) is 9.13 Å². The molecule has 0 N–H and O–H groups in total. The zero-order chi connectivity index (χ0) is 46.8. The maximum absolute atomic E-state index is 2.69. The van der Waals surface area contributed by atoms with Gasteiger partial charge in [-0.3, -0.25) is 0 Å². The van der Waals surface area contributed by atoms with Crippen molar-refractivity contribution in [2.24, 2.45) is 0 Å². The smallest absolute Gasteiger partial charge is 0.254 e. The van der Waals surface area contributed by atoms with Crippen molar-refractivity contribution in [1.29, 1.82) is 0 Å². The van der Waals surface area contributed by atoms with Crippen molar-refractivity contribution in [2.75, 3.05) is 4.90 Å². The van der Waals surface area contributed by atoms with Crippen LogP contribution in [0.3, 0.4) is 0 Å². The Hall–Kier alpha value is -8.68. The van der Waals surface area contributed by atoms with Gasteiger partial charge in [0.05, 0.1) is 33.4 Å². The predicted octanol–water partition coefficient (Wildman–Crippen LogP) is 16.6. The normalized spacial score (nSPS) is 12.9. The quantitative estimate of drug-likeness (QED) is 0.160. The molecule has 72 heavy (non-hydrogen) atoms. The highest BCUT2D eigenvalue weighted by atomic mass is 32.1. The Balaban J connectivity index is 1.12. The zero-order valence-corrected chi connectivity index (χ0v) is 40.3. The standard InChI is InChI=1S/C66H38BN3S2/c1-3-18-39(19-4-1)42-27-17-28-43(40-20-5-2-6-21-40)64(42)70-56-37-49-47-25-10-15-32-59(47)71-61(49)38-52(56)67-62-57(34-41(35-58(62)70)68-53-29-12-7-22-44(53)45-23-8-13-30-54(45)68)69-55-31-14-9-24-46(55)50-36-51-48-26-11-16-33-60(48)72-66(51)63(67)65(50)69/h1-38H. The highest BCUT2D eigenvalue weighted by Gasteiger charge is 2.45. The summed E-state index contributed by atoms with van der Waals surface area (Å²) < 4.78 is 10.5. The summed E-state index contributed by atoms with van der Waals surface area (Å²) in [5.41, 5.74) is 19.6. The highest BCUT2D eigenvalue weighted by molar-refractivity contribution is 7.28. The largest absolute Gasteiger partial charge is 0.310 e. The van der Waals surface area contributed by atoms with Gasteiger partial charge >= 0.3 is 0 Å². The van der Waals surface area contributed by atoms with Crippen molar-refractivity contribution in [3.63, 3.8) is 0 Å². The molecule has 0 unspecified atom stereocenters. The first-order valence-corrected chi connectivity index (χ1v) is 26.4. The first-order valence-electron chi connectivity index (χ1n) is 24.8. The second-order valence-corrected chi connectivity index (χ2v) is 21.6. The van der Waals surface area contributed by atoms with Crippen molar-refractivity contribution >= 4 is 147 Å². The average Bonchev–Trinajstić information content (AvgIpc) is 4.20. The molecule has 2 aliphatic rings. The van der Waals surface area contributed by atoms with Crippen LogP contribution < -0.4 is 21.3 Å². The van der Waals surface area contributed by atoms with E-state index in [2.05, 4.69) is 245 Å². The van der Waals surface area contributed by atoms with Crippen LogP contribution in [0.15, 0.2) is 231 Å². The molecule has 6 heteroatoms. The Labute approximate surface area is 422 Å². The molecule has 0 fully saturated rings. The van der Waals surface area contributed by atoms with Crippen molar-refractivity contribution < 1.29 is 0 Å². The molecule has 0 bridgehead atoms. The Morgan fingerprint density at radius 3 is 1.51 bits per heavy atom. The van der Waals surface area contributed by atoms with Gasteiger partial charge in [0.1, 0.15) is 0 Å². The summed E-state index contributed by atoms with van der Waals surface area (Å²) in [4.78, 5) is 2.69. The lowest BCUT2D eigenvalue weighted by atomic mass is 9.33. The van der Waals surface area contributed by atoms with Gasteiger partial charge in [0.2, 0.25) is 0 Å². The second kappa shape index (κ2) is 14.5. The lowest BCUT2D eigenvalue weighted by molar-refractivity contribution is 1.13. The van der Waals surface area contributed by atoms with E-state index >= 15 is 0 Å². The number of fused-ring (bicyclic) bond motifs is 17. The number of thiophene rings is 2. The van der Waals surface area contributed by atoms with Gasteiger partial charge in [-0.05, 0) is 88.2 Å². The van der Waals surface area contributed by atoms with E-state index in [1.54, 1.807) is 0 Å². The Morgan fingerprint density at radius 1 is 0.333 bits per heavy atom. The molecule has 0 radical (unpaired) electrons. The average molecular weight is 948 g/mol. The summed E-state index contributed by atoms with van der Waals surface area (Å²) in [5, 5.41) is 10.3. The third kappa shape index (κ3) is 5.14. The molecule has 11 aromatic carbocycles. The SMILES string of the molecule is c1ccc(-c2cccc(-c3ccccc3)c2N2c3cc4c(cc3B3c5c2cc(-n2c6ccccc6c6ccccc62)cc5-n2c5ccccc5c5cc6c(sc7ccccc76)c3c52)sc2ccccc24)cc1. The molecule has 2 aliphatic heterocycles. The van der Waals surface area contributed by atoms with Crippen LogP contribution in [-0.4, -0.2) is 15.8 Å². The molecule has 15 aromatic rings. The molecule has 3 nitrogen and oxygen atoms in total. The van der Waals surface area contributed by atoms with E-state index in [1.165, 1.54) is 145 Å². The van der Waals surface area contributed by atoms with Gasteiger partial charge in [0.25, 0.3) is 6.71 Å². The van der Waals surface area contributed by atoms with E-state index in [0.29, 0.717) is 0 Å². The lowest BCUT2D eigenvalue weighted by Gasteiger charge is -2.42. The first-order chi connectivity index (χ1) is 35.7. The van der Waals surface area contributed by atoms with Gasteiger partial charge in [0.15, 0.2) is 0 Å². The minimum absolute atomic E-state index is 0.0804. The number of rotatable bonds is 4. The third-order valence-electron chi connectivity index (χ3n) is 15.9. The molecule has 0 aliphatic carbocycles. The van der Waals surface area contributed by atoms with E-state index in [-0.39, 0.29) is 6.71 Å². The maximum Gasteiger partial charge on any atom is 0.254 e. The van der Waals surface area contributed by atoms with Gasteiger partial charge in [-0.1, -0.05) is 170 Å². The molecule has 17 rings (SSSR count). The summed E-state index contributed by atoms with van der Waals surface area (Å²) in [6, 6.07) is 86.8. The minimum atomic E-state index is -0.0804. The molecular formula is C66H38BN3S2. The van der Waals surface area contributed by atoms with Crippen LogP contribution in [0.1, 0.15) is 0 Å². The third-order valence-corrected chi connectivity index (χ3v) is 18.2. The number of anilines is 3. The van der Waals surface area contributed by atoms with E-state index in [1.807, 2.05) is 22.7 Å². The Kier molecular flexibility index (Phi) is 7.85. The number of para-hydroxylation sites is 4.